The van der Waals surface area contributed by atoms with Crippen LogP contribution in [0.2, 0.25) is 0 Å². The molecule has 1 N–H and O–H groups in total. The zero-order valence-electron chi connectivity index (χ0n) is 17.2. The highest BCUT2D eigenvalue weighted by Crippen LogP contribution is 2.37. The van der Waals surface area contributed by atoms with Crippen molar-refractivity contribution in [2.24, 2.45) is 0 Å². The minimum atomic E-state index is -0.465. The number of nitro groups is 1. The first-order valence-corrected chi connectivity index (χ1v) is 11.1. The molecule has 1 atom stereocenters. The maximum atomic E-state index is 13.4. The number of nitro benzene ring substituents is 1. The molecular formula is C22H24N4O4S. The lowest BCUT2D eigenvalue weighted by Gasteiger charge is -2.34. The van der Waals surface area contributed by atoms with Gasteiger partial charge in [0.05, 0.1) is 27.8 Å². The Kier molecular flexibility index (Phi) is 6.43. The van der Waals surface area contributed by atoms with E-state index in [9.17, 15) is 14.9 Å². The molecule has 1 aliphatic heterocycles. The number of ether oxygens (including phenoxy) is 1. The number of piperidine rings is 1. The van der Waals surface area contributed by atoms with Crippen LogP contribution in [-0.4, -0.2) is 47.5 Å². The van der Waals surface area contributed by atoms with Crippen molar-refractivity contribution in [1.29, 1.82) is 0 Å². The van der Waals surface area contributed by atoms with Gasteiger partial charge in [-0.15, -0.1) is 11.3 Å². The minimum absolute atomic E-state index is 0.114. The van der Waals surface area contributed by atoms with Crippen LogP contribution in [0, 0.1) is 10.1 Å². The molecule has 4 rings (SSSR count). The molecule has 1 amide bonds. The molecule has 2 heterocycles. The smallest absolute Gasteiger partial charge is 0.293 e. The highest BCUT2D eigenvalue weighted by atomic mass is 32.1. The molecule has 2 aromatic carbocycles. The second-order valence-corrected chi connectivity index (χ2v) is 8.50. The van der Waals surface area contributed by atoms with Gasteiger partial charge in [-0.25, -0.2) is 4.98 Å². The van der Waals surface area contributed by atoms with Gasteiger partial charge in [0.2, 0.25) is 0 Å². The second kappa shape index (κ2) is 9.40. The molecule has 1 unspecified atom stereocenters. The fraction of sp³-hybridized carbons (Fsp3) is 0.364. The van der Waals surface area contributed by atoms with Crippen LogP contribution in [0.4, 0.5) is 11.4 Å². The van der Waals surface area contributed by atoms with E-state index in [-0.39, 0.29) is 17.6 Å². The van der Waals surface area contributed by atoms with E-state index in [4.69, 9.17) is 9.72 Å². The number of fused-ring (bicyclic) bond motifs is 1. The zero-order valence-corrected chi connectivity index (χ0v) is 18.1. The molecule has 0 aliphatic carbocycles. The number of anilines is 1. The van der Waals surface area contributed by atoms with Crippen molar-refractivity contribution in [3.63, 3.8) is 0 Å². The number of methoxy groups -OCH3 is 1. The summed E-state index contributed by atoms with van der Waals surface area (Å²) in [4.78, 5) is 31.1. The first-order valence-electron chi connectivity index (χ1n) is 10.3. The van der Waals surface area contributed by atoms with Crippen molar-refractivity contribution in [2.75, 3.05) is 32.1 Å². The van der Waals surface area contributed by atoms with Crippen LogP contribution in [0.25, 0.3) is 10.2 Å². The van der Waals surface area contributed by atoms with Gasteiger partial charge < -0.3 is 15.0 Å². The van der Waals surface area contributed by atoms with Crippen LogP contribution < -0.4 is 5.32 Å². The van der Waals surface area contributed by atoms with E-state index in [2.05, 4.69) is 5.32 Å². The molecule has 0 saturated carbocycles. The third-order valence-electron chi connectivity index (χ3n) is 5.42. The van der Waals surface area contributed by atoms with Crippen LogP contribution >= 0.6 is 11.3 Å². The predicted molar refractivity (Wildman–Crippen MR) is 121 cm³/mol. The Labute approximate surface area is 184 Å². The lowest BCUT2D eigenvalue weighted by atomic mass is 10.0. The number of carbonyl (C=O) groups is 1. The number of thiazole rings is 1. The summed E-state index contributed by atoms with van der Waals surface area (Å²) >= 11 is 1.61. The van der Waals surface area contributed by atoms with E-state index in [0.717, 1.165) is 34.5 Å². The number of likely N-dealkylation sites (tertiary alicyclic amines) is 1. The van der Waals surface area contributed by atoms with Gasteiger partial charge in [-0.2, -0.15) is 0 Å². The molecule has 1 saturated heterocycles. The highest BCUT2D eigenvalue weighted by Gasteiger charge is 2.32. The van der Waals surface area contributed by atoms with Gasteiger partial charge in [0.15, 0.2) is 0 Å². The molecule has 0 spiro atoms. The summed E-state index contributed by atoms with van der Waals surface area (Å²) in [5.74, 6) is -0.199. The first-order chi connectivity index (χ1) is 15.1. The van der Waals surface area contributed by atoms with Gasteiger partial charge in [0, 0.05) is 31.8 Å². The van der Waals surface area contributed by atoms with Crippen LogP contribution in [0.15, 0.2) is 42.5 Å². The highest BCUT2D eigenvalue weighted by molar-refractivity contribution is 7.18. The molecule has 9 heteroatoms. The number of hydrogen-bond acceptors (Lipinski definition) is 7. The lowest BCUT2D eigenvalue weighted by molar-refractivity contribution is -0.384. The fourth-order valence-corrected chi connectivity index (χ4v) is 5.00. The van der Waals surface area contributed by atoms with Crippen molar-refractivity contribution in [3.05, 3.63) is 63.1 Å². The number of amides is 1. The fourth-order valence-electron chi connectivity index (χ4n) is 3.88. The van der Waals surface area contributed by atoms with Crippen molar-refractivity contribution in [1.82, 2.24) is 9.88 Å². The number of carbonyl (C=O) groups excluding carboxylic acids is 1. The molecule has 0 bridgehead atoms. The number of rotatable bonds is 7. The third kappa shape index (κ3) is 4.52. The number of hydrogen-bond donors (Lipinski definition) is 1. The molecule has 8 nitrogen and oxygen atoms in total. The van der Waals surface area contributed by atoms with E-state index in [1.54, 1.807) is 30.6 Å². The Morgan fingerprint density at radius 2 is 2.16 bits per heavy atom. The van der Waals surface area contributed by atoms with Gasteiger partial charge in [0.25, 0.3) is 11.6 Å². The maximum Gasteiger partial charge on any atom is 0.293 e. The topological polar surface area (TPSA) is 97.6 Å². The molecule has 1 aromatic heterocycles. The van der Waals surface area contributed by atoms with Crippen molar-refractivity contribution in [3.8, 4) is 0 Å². The van der Waals surface area contributed by atoms with Gasteiger partial charge in [0.1, 0.15) is 10.7 Å². The van der Waals surface area contributed by atoms with Crippen LogP contribution in [0.1, 0.15) is 40.7 Å². The Hall–Kier alpha value is -3.04. The number of nitrogens with one attached hydrogen (secondary N) is 1. The summed E-state index contributed by atoms with van der Waals surface area (Å²) < 4.78 is 6.08. The quantitative estimate of drug-likeness (QED) is 0.327. The average molecular weight is 441 g/mol. The lowest BCUT2D eigenvalue weighted by Crippen LogP contribution is -2.38. The van der Waals surface area contributed by atoms with Crippen LogP contribution in [0.5, 0.6) is 0 Å². The average Bonchev–Trinajstić information content (AvgIpc) is 3.23. The molecular weight excluding hydrogens is 416 g/mol. The predicted octanol–water partition coefficient (Wildman–Crippen LogP) is 4.63. The Morgan fingerprint density at radius 3 is 2.94 bits per heavy atom. The standard InChI is InChI=1S/C22H24N4O4S/c1-30-13-11-23-16-10-9-15(14-19(16)26(28)29)22(27)25-12-5-4-7-18(25)21-24-17-6-2-3-8-20(17)31-21/h2-3,6,8-10,14,18,23H,4-5,7,11-13H2,1H3. The van der Waals surface area contributed by atoms with Crippen molar-refractivity contribution >= 4 is 38.8 Å². The van der Waals surface area contributed by atoms with Crippen molar-refractivity contribution < 1.29 is 14.5 Å². The minimum Gasteiger partial charge on any atom is -0.383 e. The molecule has 0 radical (unpaired) electrons. The van der Waals surface area contributed by atoms with E-state index in [1.165, 1.54) is 6.07 Å². The molecule has 3 aromatic rings. The molecule has 162 valence electrons. The van der Waals surface area contributed by atoms with Gasteiger partial charge in [-0.1, -0.05) is 12.1 Å². The largest absolute Gasteiger partial charge is 0.383 e. The summed E-state index contributed by atoms with van der Waals surface area (Å²) in [6.45, 7) is 1.48. The molecule has 31 heavy (non-hydrogen) atoms. The summed E-state index contributed by atoms with van der Waals surface area (Å²) in [5, 5.41) is 15.5. The maximum absolute atomic E-state index is 13.4. The van der Waals surface area contributed by atoms with E-state index >= 15 is 0 Å². The van der Waals surface area contributed by atoms with Crippen LogP contribution in [0.3, 0.4) is 0 Å². The normalized spacial score (nSPS) is 16.4. The number of nitrogens with zero attached hydrogens (tertiary/aromatic N) is 3. The summed E-state index contributed by atoms with van der Waals surface area (Å²) in [6.07, 6.45) is 2.77. The van der Waals surface area contributed by atoms with E-state index in [0.29, 0.717) is 30.9 Å². The number of benzene rings is 2. The summed E-state index contributed by atoms with van der Waals surface area (Å²) in [6, 6.07) is 12.4. The Morgan fingerprint density at radius 1 is 1.32 bits per heavy atom. The molecule has 1 fully saturated rings. The van der Waals surface area contributed by atoms with E-state index in [1.807, 2.05) is 29.2 Å². The van der Waals surface area contributed by atoms with E-state index < -0.39 is 4.92 Å². The first kappa shape index (κ1) is 21.2. The summed E-state index contributed by atoms with van der Waals surface area (Å²) in [5.41, 5.74) is 1.51. The van der Waals surface area contributed by atoms with Gasteiger partial charge >= 0.3 is 0 Å². The Bertz CT molecular complexity index is 1070. The molecule has 1 aliphatic rings. The second-order valence-electron chi connectivity index (χ2n) is 7.44. The number of para-hydroxylation sites is 1. The zero-order chi connectivity index (χ0) is 21.8. The third-order valence-corrected chi connectivity index (χ3v) is 6.56. The van der Waals surface area contributed by atoms with Gasteiger partial charge in [-0.3, -0.25) is 14.9 Å². The SMILES string of the molecule is COCCNc1ccc(C(=O)N2CCCCC2c2nc3ccccc3s2)cc1[N+](=O)[O-]. The Balaban J connectivity index is 1.61. The summed E-state index contributed by atoms with van der Waals surface area (Å²) in [7, 11) is 1.57. The van der Waals surface area contributed by atoms with Crippen LogP contribution in [-0.2, 0) is 4.74 Å². The van der Waals surface area contributed by atoms with Gasteiger partial charge in [-0.05, 0) is 43.5 Å². The number of aromatic nitrogens is 1. The van der Waals surface area contributed by atoms with Crippen molar-refractivity contribution in [2.45, 2.75) is 25.3 Å². The monoisotopic (exact) mass is 440 g/mol.